The van der Waals surface area contributed by atoms with Gasteiger partial charge in [-0.25, -0.2) is 9.59 Å². The summed E-state index contributed by atoms with van der Waals surface area (Å²) in [7, 11) is 0. The summed E-state index contributed by atoms with van der Waals surface area (Å²) in [5, 5.41) is 20.2. The number of hydrogen-bond donors (Lipinski definition) is 3. The summed E-state index contributed by atoms with van der Waals surface area (Å²) < 4.78 is 0. The van der Waals surface area contributed by atoms with E-state index in [0.29, 0.717) is 5.69 Å². The first-order chi connectivity index (χ1) is 10.4. The minimum absolute atomic E-state index is 0.0140. The van der Waals surface area contributed by atoms with E-state index >= 15 is 0 Å². The zero-order chi connectivity index (χ0) is 16.7. The second-order valence-electron chi connectivity index (χ2n) is 4.07. The van der Waals surface area contributed by atoms with Crippen LogP contribution >= 0.6 is 0 Å². The molecule has 0 atom stereocenters. The highest BCUT2D eigenvalue weighted by Crippen LogP contribution is 2.08. The van der Waals surface area contributed by atoms with E-state index in [-0.39, 0.29) is 23.3 Å². The molecule has 7 heteroatoms. The SMILES string of the molecule is C=CC(C(=O)O)=C(C=C)C(=O)NCc1ccc(C(=O)O)cn1. The first-order valence-electron chi connectivity index (χ1n) is 6.09. The molecule has 1 heterocycles. The van der Waals surface area contributed by atoms with Crippen molar-refractivity contribution in [3.63, 3.8) is 0 Å². The molecule has 0 saturated heterocycles. The van der Waals surface area contributed by atoms with Crippen molar-refractivity contribution in [1.29, 1.82) is 0 Å². The average molecular weight is 302 g/mol. The average Bonchev–Trinajstić information content (AvgIpc) is 2.50. The number of carbonyl (C=O) groups excluding carboxylic acids is 1. The number of nitrogens with one attached hydrogen (secondary N) is 1. The fraction of sp³-hybridized carbons (Fsp3) is 0.0667. The van der Waals surface area contributed by atoms with Crippen molar-refractivity contribution in [2.24, 2.45) is 0 Å². The van der Waals surface area contributed by atoms with Crippen LogP contribution < -0.4 is 5.32 Å². The summed E-state index contributed by atoms with van der Waals surface area (Å²) in [4.78, 5) is 37.5. The van der Waals surface area contributed by atoms with E-state index in [1.165, 1.54) is 18.3 Å². The van der Waals surface area contributed by atoms with E-state index in [4.69, 9.17) is 10.2 Å². The smallest absolute Gasteiger partial charge is 0.337 e. The van der Waals surface area contributed by atoms with Crippen LogP contribution in [-0.2, 0) is 16.1 Å². The number of nitrogens with zero attached hydrogens (tertiary/aromatic N) is 1. The van der Waals surface area contributed by atoms with Crippen molar-refractivity contribution >= 4 is 17.8 Å². The van der Waals surface area contributed by atoms with Crippen LogP contribution in [0.4, 0.5) is 0 Å². The number of aromatic nitrogens is 1. The van der Waals surface area contributed by atoms with Gasteiger partial charge in [0.1, 0.15) is 0 Å². The molecule has 0 radical (unpaired) electrons. The molecule has 1 amide bonds. The molecule has 1 aromatic heterocycles. The maximum absolute atomic E-state index is 12.0. The third-order valence-electron chi connectivity index (χ3n) is 2.68. The molecular weight excluding hydrogens is 288 g/mol. The number of aliphatic carboxylic acids is 1. The molecule has 3 N–H and O–H groups in total. The van der Waals surface area contributed by atoms with Crippen molar-refractivity contribution in [2.75, 3.05) is 0 Å². The number of hydrogen-bond acceptors (Lipinski definition) is 4. The van der Waals surface area contributed by atoms with Gasteiger partial charge in [0.15, 0.2) is 0 Å². The van der Waals surface area contributed by atoms with Crippen molar-refractivity contribution in [3.8, 4) is 0 Å². The van der Waals surface area contributed by atoms with Gasteiger partial charge < -0.3 is 15.5 Å². The molecule has 0 fully saturated rings. The van der Waals surface area contributed by atoms with E-state index in [0.717, 1.165) is 12.2 Å². The minimum atomic E-state index is -1.29. The highest BCUT2D eigenvalue weighted by Gasteiger charge is 2.15. The fourth-order valence-corrected chi connectivity index (χ4v) is 1.56. The standard InChI is InChI=1S/C15H14N2O5/c1-3-11(12(4-2)15(21)22)13(18)17-8-10-6-5-9(7-16-10)14(19)20/h3-7H,1-2,8H2,(H,17,18)(H,19,20)(H,21,22). The van der Waals surface area contributed by atoms with E-state index in [2.05, 4.69) is 23.5 Å². The molecule has 0 spiro atoms. The molecule has 1 rings (SSSR count). The summed E-state index contributed by atoms with van der Waals surface area (Å²) in [6.07, 6.45) is 3.35. The van der Waals surface area contributed by atoms with Crippen LogP contribution in [-0.4, -0.2) is 33.0 Å². The highest BCUT2D eigenvalue weighted by molar-refractivity contribution is 6.05. The number of carboxylic acids is 2. The molecule has 7 nitrogen and oxygen atoms in total. The maximum atomic E-state index is 12.0. The molecule has 0 aliphatic rings. The summed E-state index contributed by atoms with van der Waals surface area (Å²) in [5.74, 6) is -3.03. The lowest BCUT2D eigenvalue weighted by Crippen LogP contribution is -2.26. The van der Waals surface area contributed by atoms with Gasteiger partial charge in [0.2, 0.25) is 0 Å². The normalized spacial score (nSPS) is 11.1. The van der Waals surface area contributed by atoms with E-state index in [1.807, 2.05) is 0 Å². The summed E-state index contributed by atoms with van der Waals surface area (Å²) in [6.45, 7) is 6.77. The Hall–Kier alpha value is -3.22. The molecule has 114 valence electrons. The van der Waals surface area contributed by atoms with Gasteiger partial charge in [0, 0.05) is 6.20 Å². The molecule has 0 unspecified atom stereocenters. The number of amides is 1. The third kappa shape index (κ3) is 4.14. The molecule has 1 aromatic rings. The summed E-state index contributed by atoms with van der Waals surface area (Å²) >= 11 is 0. The Balaban J connectivity index is 2.84. The Kier molecular flexibility index (Phi) is 5.76. The van der Waals surface area contributed by atoms with E-state index in [1.54, 1.807) is 0 Å². The number of aromatic carboxylic acids is 1. The van der Waals surface area contributed by atoms with Crippen molar-refractivity contribution in [3.05, 3.63) is 66.0 Å². The van der Waals surface area contributed by atoms with Crippen molar-refractivity contribution in [1.82, 2.24) is 10.3 Å². The Morgan fingerprint density at radius 3 is 2.18 bits per heavy atom. The Morgan fingerprint density at radius 2 is 1.77 bits per heavy atom. The van der Waals surface area contributed by atoms with E-state index in [9.17, 15) is 14.4 Å². The Labute approximate surface area is 126 Å². The highest BCUT2D eigenvalue weighted by atomic mass is 16.4. The second kappa shape index (κ2) is 7.53. The van der Waals surface area contributed by atoms with Gasteiger partial charge in [-0.2, -0.15) is 0 Å². The van der Waals surface area contributed by atoms with Crippen LogP contribution in [0.3, 0.4) is 0 Å². The molecule has 0 bridgehead atoms. The zero-order valence-corrected chi connectivity index (χ0v) is 11.6. The zero-order valence-electron chi connectivity index (χ0n) is 11.6. The molecule has 0 aliphatic carbocycles. The minimum Gasteiger partial charge on any atom is -0.478 e. The maximum Gasteiger partial charge on any atom is 0.337 e. The third-order valence-corrected chi connectivity index (χ3v) is 2.68. The fourth-order valence-electron chi connectivity index (χ4n) is 1.56. The molecule has 22 heavy (non-hydrogen) atoms. The first kappa shape index (κ1) is 16.8. The van der Waals surface area contributed by atoms with Crippen molar-refractivity contribution in [2.45, 2.75) is 6.54 Å². The van der Waals surface area contributed by atoms with Crippen LogP contribution in [0.2, 0.25) is 0 Å². The van der Waals surface area contributed by atoms with Crippen LogP contribution in [0.1, 0.15) is 16.1 Å². The number of pyridine rings is 1. The van der Waals surface area contributed by atoms with Crippen LogP contribution in [0.25, 0.3) is 0 Å². The van der Waals surface area contributed by atoms with Gasteiger partial charge in [0.25, 0.3) is 5.91 Å². The van der Waals surface area contributed by atoms with E-state index < -0.39 is 17.8 Å². The van der Waals surface area contributed by atoms with Crippen LogP contribution in [0, 0.1) is 0 Å². The van der Waals surface area contributed by atoms with Gasteiger partial charge in [-0.1, -0.05) is 25.3 Å². The largest absolute Gasteiger partial charge is 0.478 e. The number of carboxylic acid groups (broad SMARTS) is 2. The lowest BCUT2D eigenvalue weighted by molar-refractivity contribution is -0.132. The topological polar surface area (TPSA) is 117 Å². The molecular formula is C15H14N2O5. The summed E-state index contributed by atoms with van der Waals surface area (Å²) in [6, 6.07) is 2.81. The van der Waals surface area contributed by atoms with Gasteiger partial charge in [-0.3, -0.25) is 9.78 Å². The van der Waals surface area contributed by atoms with Crippen LogP contribution in [0.5, 0.6) is 0 Å². The van der Waals surface area contributed by atoms with Gasteiger partial charge in [0.05, 0.1) is 28.9 Å². The van der Waals surface area contributed by atoms with Crippen LogP contribution in [0.15, 0.2) is 54.8 Å². The van der Waals surface area contributed by atoms with Gasteiger partial charge >= 0.3 is 11.9 Å². The number of rotatable bonds is 7. The quantitative estimate of drug-likeness (QED) is 0.514. The van der Waals surface area contributed by atoms with Crippen molar-refractivity contribution < 1.29 is 24.6 Å². The van der Waals surface area contributed by atoms with Gasteiger partial charge in [-0.15, -0.1) is 0 Å². The molecule has 0 aliphatic heterocycles. The Bertz CT molecular complexity index is 659. The monoisotopic (exact) mass is 302 g/mol. The predicted molar refractivity (Wildman–Crippen MR) is 78.1 cm³/mol. The van der Waals surface area contributed by atoms with Gasteiger partial charge in [-0.05, 0) is 12.1 Å². The lowest BCUT2D eigenvalue weighted by atomic mass is 10.1. The second-order valence-corrected chi connectivity index (χ2v) is 4.07. The predicted octanol–water partition coefficient (Wildman–Crippen LogP) is 1.15. The lowest BCUT2D eigenvalue weighted by Gasteiger charge is -2.07. The molecule has 0 saturated carbocycles. The molecule has 0 aromatic carbocycles. The first-order valence-corrected chi connectivity index (χ1v) is 6.09. The Morgan fingerprint density at radius 1 is 1.14 bits per heavy atom. The summed E-state index contributed by atoms with van der Waals surface area (Å²) in [5.41, 5.74) is 0.0742. The number of carbonyl (C=O) groups is 3.